The highest BCUT2D eigenvalue weighted by Crippen LogP contribution is 2.15. The Morgan fingerprint density at radius 1 is 0.800 bits per heavy atom. The Hall–Kier alpha value is -2.23. The van der Waals surface area contributed by atoms with Crippen molar-refractivity contribution < 1.29 is 28.9 Å². The van der Waals surface area contributed by atoms with Gasteiger partial charge in [-0.05, 0) is 88.3 Å². The Kier molecular flexibility index (Phi) is 24.6. The average molecular weight is 618 g/mol. The largest absolute Gasteiger partial charge is 0.492 e. The Morgan fingerprint density at radius 2 is 1.18 bits per heavy atom. The molecule has 0 aromatic heterocycles. The van der Waals surface area contributed by atoms with E-state index in [-0.39, 0.29) is 23.9 Å². The molecular formula is C27H37B9ClN2O6. The van der Waals surface area contributed by atoms with Gasteiger partial charge in [0.1, 0.15) is 24.7 Å². The SMILES string of the molecule is COC(=O)c1cccc(OCCN2CCCC2)c1.Cl.O=C(O)c1cccc(OCCN2CCCC2)c1.[B]B([B])[B].[B][B]B([B])[B]. The zero-order valence-corrected chi connectivity index (χ0v) is 26.9. The van der Waals surface area contributed by atoms with Gasteiger partial charge in [0.2, 0.25) is 0 Å². The third-order valence-corrected chi connectivity index (χ3v) is 6.31. The fourth-order valence-corrected chi connectivity index (χ4v) is 4.15. The van der Waals surface area contributed by atoms with E-state index in [2.05, 4.69) is 37.7 Å². The quantitative estimate of drug-likeness (QED) is 0.293. The molecule has 2 fully saturated rings. The molecule has 2 aromatic rings. The van der Waals surface area contributed by atoms with Gasteiger partial charge in [-0.3, -0.25) is 9.80 Å². The molecule has 1 N–H and O–H groups in total. The van der Waals surface area contributed by atoms with Gasteiger partial charge in [0.25, 0.3) is 0 Å². The van der Waals surface area contributed by atoms with E-state index in [4.69, 9.17) is 37.8 Å². The summed E-state index contributed by atoms with van der Waals surface area (Å²) < 4.78 is 15.9. The Bertz CT molecular complexity index is 1080. The van der Waals surface area contributed by atoms with Crippen LogP contribution in [-0.4, -0.2) is 153 Å². The van der Waals surface area contributed by atoms with Crippen LogP contribution in [0.1, 0.15) is 46.4 Å². The maximum Gasteiger partial charge on any atom is 0.337 e. The van der Waals surface area contributed by atoms with Crippen molar-refractivity contribution in [2.75, 3.05) is 59.6 Å². The van der Waals surface area contributed by atoms with Gasteiger partial charge >= 0.3 is 11.9 Å². The number of hydrogen-bond donors (Lipinski definition) is 1. The molecular weight excluding hydrogens is 581 g/mol. The summed E-state index contributed by atoms with van der Waals surface area (Å²) in [6.45, 7) is 7.78. The standard InChI is InChI=1S/C14H19NO3.C13H17NO3.B5.B4.ClH/c1-17-14(16)12-5-4-6-13(11-12)18-10-9-15-7-2-3-8-15;15-13(16)11-4-3-5-12(10-11)17-9-8-14-6-1-2-7-14;1-4-5(2)3;1-4(2)3;/h4-6,11H,2-3,7-10H2,1H3;3-5,10H,1-2,6-9H2,(H,15,16);;;1H. The molecule has 225 valence electrons. The highest BCUT2D eigenvalue weighted by atomic mass is 35.5. The van der Waals surface area contributed by atoms with Gasteiger partial charge in [0, 0.05) is 79.3 Å². The first kappa shape index (κ1) is 42.8. The number of methoxy groups -OCH3 is 1. The molecule has 0 saturated carbocycles. The second-order valence-corrected chi connectivity index (χ2v) is 9.99. The van der Waals surface area contributed by atoms with Crippen LogP contribution in [0.5, 0.6) is 11.5 Å². The fourth-order valence-electron chi connectivity index (χ4n) is 4.15. The Morgan fingerprint density at radius 3 is 1.53 bits per heavy atom. The van der Waals surface area contributed by atoms with E-state index in [1.807, 2.05) is 6.07 Å². The first-order chi connectivity index (χ1) is 21.0. The number of carboxylic acids is 1. The number of carbonyl (C=O) groups excluding carboxylic acids is 1. The predicted octanol–water partition coefficient (Wildman–Crippen LogP) is 0.802. The lowest BCUT2D eigenvalue weighted by molar-refractivity contribution is 0.0599. The minimum absolute atomic E-state index is 0. The van der Waals surface area contributed by atoms with Crippen LogP contribution in [0.3, 0.4) is 0 Å². The Balaban J connectivity index is 0.000000669. The van der Waals surface area contributed by atoms with Crippen LogP contribution in [0.4, 0.5) is 0 Å². The molecule has 0 atom stereocenters. The number of carbonyl (C=O) groups is 2. The number of halogens is 1. The number of carboxylic acid groups (broad SMARTS) is 1. The van der Waals surface area contributed by atoms with Gasteiger partial charge in [-0.15, -0.1) is 12.4 Å². The highest BCUT2D eigenvalue weighted by molar-refractivity contribution is 7.60. The van der Waals surface area contributed by atoms with E-state index in [0.717, 1.165) is 31.9 Å². The molecule has 45 heavy (non-hydrogen) atoms. The molecule has 0 bridgehead atoms. The van der Waals surface area contributed by atoms with E-state index < -0.39 is 18.7 Å². The van der Waals surface area contributed by atoms with Gasteiger partial charge < -0.3 is 19.3 Å². The normalized spacial score (nSPS) is 13.5. The molecule has 18 heteroatoms. The second kappa shape index (κ2) is 25.9. The molecule has 2 aliphatic heterocycles. The first-order valence-electron chi connectivity index (χ1n) is 14.6. The predicted molar refractivity (Wildman–Crippen MR) is 193 cm³/mol. The zero-order valence-electron chi connectivity index (χ0n) is 26.1. The van der Waals surface area contributed by atoms with E-state index in [1.165, 1.54) is 52.9 Å². The topological polar surface area (TPSA) is 88.5 Å². The zero-order chi connectivity index (χ0) is 32.7. The third-order valence-electron chi connectivity index (χ3n) is 6.31. The van der Waals surface area contributed by atoms with E-state index in [0.29, 0.717) is 24.5 Å². The number of nitrogens with zero attached hydrogens (tertiary/aromatic N) is 2. The summed E-state index contributed by atoms with van der Waals surface area (Å²) in [5.74, 6) is 0.0937. The fraction of sp³-hybridized carbons (Fsp3) is 0.481. The van der Waals surface area contributed by atoms with Gasteiger partial charge in [0.05, 0.1) is 18.2 Å². The van der Waals surface area contributed by atoms with Crippen LogP contribution >= 0.6 is 12.4 Å². The summed E-state index contributed by atoms with van der Waals surface area (Å²) in [4.78, 5) is 26.9. The van der Waals surface area contributed by atoms with Crippen LogP contribution in [0, 0.1) is 0 Å². The summed E-state index contributed by atoms with van der Waals surface area (Å²) in [5.41, 5.74) is 0.792. The van der Waals surface area contributed by atoms with Crippen LogP contribution in [0.15, 0.2) is 48.5 Å². The van der Waals surface area contributed by atoms with Crippen molar-refractivity contribution in [2.24, 2.45) is 0 Å². The summed E-state index contributed by atoms with van der Waals surface area (Å²) in [6, 6.07) is 13.7. The lowest BCUT2D eigenvalue weighted by Gasteiger charge is -2.15. The van der Waals surface area contributed by atoms with Crippen LogP contribution in [-0.2, 0) is 4.74 Å². The van der Waals surface area contributed by atoms with E-state index in [1.54, 1.807) is 42.5 Å². The van der Waals surface area contributed by atoms with Crippen molar-refractivity contribution in [3.8, 4) is 11.5 Å². The molecule has 4 rings (SSSR count). The van der Waals surface area contributed by atoms with Gasteiger partial charge in [-0.2, -0.15) is 0 Å². The van der Waals surface area contributed by atoms with Gasteiger partial charge in [-0.1, -0.05) is 12.1 Å². The van der Waals surface area contributed by atoms with Crippen molar-refractivity contribution in [3.05, 3.63) is 59.7 Å². The lowest BCUT2D eigenvalue weighted by atomic mass is 8.97. The number of ether oxygens (including phenoxy) is 3. The molecule has 0 spiro atoms. The third kappa shape index (κ3) is 21.2. The molecule has 2 aromatic carbocycles. The number of likely N-dealkylation sites (tertiary alicyclic amines) is 2. The number of aromatic carboxylic acids is 1. The minimum Gasteiger partial charge on any atom is -0.492 e. The molecule has 2 saturated heterocycles. The second-order valence-electron chi connectivity index (χ2n) is 9.99. The molecule has 8 nitrogen and oxygen atoms in total. The number of rotatable bonds is 11. The maximum absolute atomic E-state index is 11.4. The van der Waals surface area contributed by atoms with Crippen molar-refractivity contribution in [1.29, 1.82) is 0 Å². The van der Waals surface area contributed by atoms with Crippen molar-refractivity contribution in [1.82, 2.24) is 9.80 Å². The van der Waals surface area contributed by atoms with Crippen LogP contribution in [0.2, 0.25) is 0 Å². The van der Waals surface area contributed by atoms with Crippen molar-refractivity contribution >= 4 is 90.6 Å². The van der Waals surface area contributed by atoms with Crippen LogP contribution < -0.4 is 9.47 Å². The lowest BCUT2D eigenvalue weighted by Crippen LogP contribution is -2.25. The molecule has 0 unspecified atom stereocenters. The number of hydrogen-bond acceptors (Lipinski definition) is 7. The van der Waals surface area contributed by atoms with Crippen molar-refractivity contribution in [3.63, 3.8) is 0 Å². The summed E-state index contributed by atoms with van der Waals surface area (Å²) in [5, 5.41) is 8.84. The summed E-state index contributed by atoms with van der Waals surface area (Å²) in [6.07, 6.45) is 3.99. The number of benzene rings is 2. The summed E-state index contributed by atoms with van der Waals surface area (Å²) in [7, 11) is 31.2. The van der Waals surface area contributed by atoms with Crippen LogP contribution in [0.25, 0.3) is 0 Å². The molecule has 0 aliphatic carbocycles. The van der Waals surface area contributed by atoms with E-state index >= 15 is 0 Å². The average Bonchev–Trinajstić information content (AvgIpc) is 3.72. The molecule has 2 heterocycles. The molecule has 2 aliphatic rings. The molecule has 13 radical (unpaired) electrons. The van der Waals surface area contributed by atoms with Gasteiger partial charge in [0.15, 0.2) is 0 Å². The molecule has 0 amide bonds. The first-order valence-corrected chi connectivity index (χ1v) is 14.6. The Labute approximate surface area is 285 Å². The maximum atomic E-state index is 11.4. The minimum atomic E-state index is -0.921. The van der Waals surface area contributed by atoms with Gasteiger partial charge in [-0.25, -0.2) is 9.59 Å². The smallest absolute Gasteiger partial charge is 0.337 e. The number of esters is 1. The van der Waals surface area contributed by atoms with E-state index in [9.17, 15) is 9.59 Å². The summed E-state index contributed by atoms with van der Waals surface area (Å²) >= 11 is 0. The highest BCUT2D eigenvalue weighted by Gasteiger charge is 2.12. The monoisotopic (exact) mass is 619 g/mol. The van der Waals surface area contributed by atoms with Crippen molar-refractivity contribution in [2.45, 2.75) is 25.7 Å².